The highest BCUT2D eigenvalue weighted by Crippen LogP contribution is 2.20. The van der Waals surface area contributed by atoms with Gasteiger partial charge in [0.05, 0.1) is 4.90 Å². The van der Waals surface area contributed by atoms with Gasteiger partial charge in [-0.2, -0.15) is 0 Å². The lowest BCUT2D eigenvalue weighted by Crippen LogP contribution is -2.13. The maximum Gasteiger partial charge on any atom is 0.335 e. The molecular formula is C15H13NO4S. The van der Waals surface area contributed by atoms with E-state index in [1.54, 1.807) is 30.3 Å². The van der Waals surface area contributed by atoms with E-state index in [2.05, 4.69) is 11.3 Å². The Hall–Kier alpha value is -2.60. The molecule has 108 valence electrons. The van der Waals surface area contributed by atoms with E-state index in [1.165, 1.54) is 24.3 Å². The summed E-state index contributed by atoms with van der Waals surface area (Å²) in [5.74, 6) is -0.517. The topological polar surface area (TPSA) is 72.5 Å². The number of hydrogen-bond donors (Lipinski definition) is 1. The molecule has 0 saturated heterocycles. The molecule has 2 rings (SSSR count). The summed E-state index contributed by atoms with van der Waals surface area (Å²) in [6.07, 6.45) is 1.00. The summed E-state index contributed by atoms with van der Waals surface area (Å²) in [6, 6.07) is 14.2. The van der Waals surface area contributed by atoms with E-state index < -0.39 is 16.0 Å². The molecule has 0 amide bonds. The molecule has 0 unspecified atom stereocenters. The van der Waals surface area contributed by atoms with Crippen LogP contribution in [0.4, 0.5) is 5.69 Å². The molecule has 0 saturated carbocycles. The first kappa shape index (κ1) is 14.8. The number of esters is 1. The van der Waals surface area contributed by atoms with Gasteiger partial charge in [-0.25, -0.2) is 13.2 Å². The standard InChI is InChI=1S/C15H13NO4S/c1-2-15(17)20-13-9-6-10-14(11-13)21(18,19)16-12-7-4-3-5-8-12/h2-11,16H,1H2. The van der Waals surface area contributed by atoms with Crippen molar-refractivity contribution in [2.75, 3.05) is 4.72 Å². The lowest BCUT2D eigenvalue weighted by Gasteiger charge is -2.09. The molecule has 0 bridgehead atoms. The van der Waals surface area contributed by atoms with Crippen molar-refractivity contribution in [3.63, 3.8) is 0 Å². The van der Waals surface area contributed by atoms with E-state index in [0.29, 0.717) is 5.69 Å². The van der Waals surface area contributed by atoms with E-state index in [9.17, 15) is 13.2 Å². The van der Waals surface area contributed by atoms with Gasteiger partial charge in [-0.3, -0.25) is 4.72 Å². The van der Waals surface area contributed by atoms with Crippen LogP contribution in [0.3, 0.4) is 0 Å². The lowest BCUT2D eigenvalue weighted by atomic mass is 10.3. The van der Waals surface area contributed by atoms with Crippen LogP contribution < -0.4 is 9.46 Å². The van der Waals surface area contributed by atoms with Gasteiger partial charge >= 0.3 is 5.97 Å². The number of rotatable bonds is 5. The monoisotopic (exact) mass is 303 g/mol. The van der Waals surface area contributed by atoms with Crippen LogP contribution >= 0.6 is 0 Å². The molecule has 2 aromatic carbocycles. The average molecular weight is 303 g/mol. The highest BCUT2D eigenvalue weighted by molar-refractivity contribution is 7.92. The third kappa shape index (κ3) is 3.93. The maximum atomic E-state index is 12.2. The highest BCUT2D eigenvalue weighted by atomic mass is 32.2. The molecule has 0 aliphatic rings. The summed E-state index contributed by atoms with van der Waals surface area (Å²) in [5.41, 5.74) is 0.450. The van der Waals surface area contributed by atoms with Crippen LogP contribution in [-0.4, -0.2) is 14.4 Å². The van der Waals surface area contributed by atoms with E-state index in [-0.39, 0.29) is 10.6 Å². The van der Waals surface area contributed by atoms with Crippen LogP contribution in [0.2, 0.25) is 0 Å². The molecule has 5 nitrogen and oxygen atoms in total. The van der Waals surface area contributed by atoms with Crippen molar-refractivity contribution >= 4 is 21.7 Å². The van der Waals surface area contributed by atoms with E-state index in [4.69, 9.17) is 4.74 Å². The van der Waals surface area contributed by atoms with Crippen molar-refractivity contribution in [3.8, 4) is 5.75 Å². The van der Waals surface area contributed by atoms with Gasteiger partial charge in [0.25, 0.3) is 10.0 Å². The minimum Gasteiger partial charge on any atom is -0.423 e. The number of benzene rings is 2. The molecule has 0 fully saturated rings. The van der Waals surface area contributed by atoms with Crippen LogP contribution in [0.1, 0.15) is 0 Å². The normalized spacial score (nSPS) is 10.7. The zero-order valence-electron chi connectivity index (χ0n) is 11.0. The van der Waals surface area contributed by atoms with Gasteiger partial charge in [0.2, 0.25) is 0 Å². The maximum absolute atomic E-state index is 12.2. The van der Waals surface area contributed by atoms with E-state index in [0.717, 1.165) is 6.08 Å². The molecule has 0 aromatic heterocycles. The molecule has 1 N–H and O–H groups in total. The second kappa shape index (κ2) is 6.23. The Morgan fingerprint density at radius 1 is 1.10 bits per heavy atom. The first-order valence-electron chi connectivity index (χ1n) is 6.03. The summed E-state index contributed by atoms with van der Waals surface area (Å²) in [6.45, 7) is 3.28. The summed E-state index contributed by atoms with van der Waals surface area (Å²) in [5, 5.41) is 0. The first-order chi connectivity index (χ1) is 10.0. The third-order valence-corrected chi connectivity index (χ3v) is 3.91. The van der Waals surface area contributed by atoms with Crippen LogP contribution in [0, 0.1) is 0 Å². The highest BCUT2D eigenvalue weighted by Gasteiger charge is 2.15. The largest absolute Gasteiger partial charge is 0.423 e. The second-order valence-electron chi connectivity index (χ2n) is 4.07. The molecule has 0 atom stereocenters. The predicted molar refractivity (Wildman–Crippen MR) is 79.5 cm³/mol. The van der Waals surface area contributed by atoms with Gasteiger partial charge in [-0.05, 0) is 24.3 Å². The minimum absolute atomic E-state index is 0.000662. The van der Waals surface area contributed by atoms with Crippen molar-refractivity contribution in [2.24, 2.45) is 0 Å². The fourth-order valence-corrected chi connectivity index (χ4v) is 2.68. The molecule has 0 heterocycles. The first-order valence-corrected chi connectivity index (χ1v) is 7.52. The van der Waals surface area contributed by atoms with Crippen LogP contribution in [-0.2, 0) is 14.8 Å². The number of carbonyl (C=O) groups is 1. The van der Waals surface area contributed by atoms with Gasteiger partial charge in [-0.1, -0.05) is 30.8 Å². The summed E-state index contributed by atoms with van der Waals surface area (Å²) >= 11 is 0. The molecule has 0 aliphatic carbocycles. The Balaban J connectivity index is 2.26. The number of sulfonamides is 1. The molecule has 21 heavy (non-hydrogen) atoms. The summed E-state index contributed by atoms with van der Waals surface area (Å²) in [4.78, 5) is 11.1. The van der Waals surface area contributed by atoms with Crippen molar-refractivity contribution in [2.45, 2.75) is 4.90 Å². The Labute approximate surface area is 122 Å². The summed E-state index contributed by atoms with van der Waals surface area (Å²) in [7, 11) is -3.75. The van der Waals surface area contributed by atoms with Gasteiger partial charge in [0, 0.05) is 17.8 Å². The van der Waals surface area contributed by atoms with Gasteiger partial charge in [0.15, 0.2) is 0 Å². The number of ether oxygens (including phenoxy) is 1. The van der Waals surface area contributed by atoms with Crippen LogP contribution in [0.15, 0.2) is 72.1 Å². The molecule has 2 aromatic rings. The minimum atomic E-state index is -3.75. The second-order valence-corrected chi connectivity index (χ2v) is 5.75. The Kier molecular flexibility index (Phi) is 4.39. The zero-order valence-corrected chi connectivity index (χ0v) is 11.8. The quantitative estimate of drug-likeness (QED) is 0.523. The third-order valence-electron chi connectivity index (χ3n) is 2.53. The van der Waals surface area contributed by atoms with Crippen LogP contribution in [0.5, 0.6) is 5.75 Å². The SMILES string of the molecule is C=CC(=O)Oc1cccc(S(=O)(=O)Nc2ccccc2)c1. The Bertz CT molecular complexity index is 754. The molecular weight excluding hydrogens is 290 g/mol. The lowest BCUT2D eigenvalue weighted by molar-refractivity contribution is -0.128. The number of anilines is 1. The number of para-hydroxylation sites is 1. The van der Waals surface area contributed by atoms with Gasteiger partial charge in [0.1, 0.15) is 5.75 Å². The van der Waals surface area contributed by atoms with Crippen molar-refractivity contribution in [1.29, 1.82) is 0 Å². The molecule has 0 aliphatic heterocycles. The number of nitrogens with one attached hydrogen (secondary N) is 1. The molecule has 0 spiro atoms. The number of hydrogen-bond acceptors (Lipinski definition) is 4. The van der Waals surface area contributed by atoms with Gasteiger partial charge < -0.3 is 4.74 Å². The predicted octanol–water partition coefficient (Wildman–Crippen LogP) is 2.58. The van der Waals surface area contributed by atoms with Gasteiger partial charge in [-0.15, -0.1) is 0 Å². The zero-order chi connectivity index (χ0) is 15.3. The van der Waals surface area contributed by atoms with E-state index >= 15 is 0 Å². The number of carbonyl (C=O) groups excluding carboxylic acids is 1. The van der Waals surface area contributed by atoms with Crippen LogP contribution in [0.25, 0.3) is 0 Å². The fourth-order valence-electron chi connectivity index (χ4n) is 1.58. The Morgan fingerprint density at radius 3 is 2.48 bits per heavy atom. The summed E-state index contributed by atoms with van der Waals surface area (Å²) < 4.78 is 31.8. The molecule has 6 heteroatoms. The molecule has 0 radical (unpaired) electrons. The van der Waals surface area contributed by atoms with Crippen molar-refractivity contribution in [1.82, 2.24) is 0 Å². The fraction of sp³-hybridized carbons (Fsp3) is 0. The van der Waals surface area contributed by atoms with Crippen molar-refractivity contribution in [3.05, 3.63) is 67.3 Å². The van der Waals surface area contributed by atoms with E-state index in [1.807, 2.05) is 0 Å². The Morgan fingerprint density at radius 2 is 1.81 bits per heavy atom. The van der Waals surface area contributed by atoms with Crippen molar-refractivity contribution < 1.29 is 17.9 Å². The average Bonchev–Trinajstić information content (AvgIpc) is 2.48. The smallest absolute Gasteiger partial charge is 0.335 e.